The SMILES string of the molecule is CC(C)CC(/C=C/C(=O)O)NC(=O)C(Cc1ccccc1)NC(=O)OC(C)(C)C. The number of ether oxygens (including phenoxy) is 1. The summed E-state index contributed by atoms with van der Waals surface area (Å²) in [5.74, 6) is -1.24. The summed E-state index contributed by atoms with van der Waals surface area (Å²) in [4.78, 5) is 36.0. The zero-order valence-corrected chi connectivity index (χ0v) is 17.8. The highest BCUT2D eigenvalue weighted by Crippen LogP contribution is 2.10. The van der Waals surface area contributed by atoms with E-state index in [2.05, 4.69) is 10.6 Å². The summed E-state index contributed by atoms with van der Waals surface area (Å²) in [6.07, 6.45) is 2.63. The standard InChI is InChI=1S/C22H32N2O5/c1-15(2)13-17(11-12-19(25)26)23-20(27)18(14-16-9-7-6-8-10-16)24-21(28)29-22(3,4)5/h6-12,15,17-18H,13-14H2,1-5H3,(H,23,27)(H,24,28)(H,25,26)/b12-11+. The second kappa shape index (κ2) is 11.2. The van der Waals surface area contributed by atoms with Crippen LogP contribution < -0.4 is 10.6 Å². The molecule has 0 bridgehead atoms. The van der Waals surface area contributed by atoms with Gasteiger partial charge in [-0.2, -0.15) is 0 Å². The Kier molecular flexibility index (Phi) is 9.38. The highest BCUT2D eigenvalue weighted by molar-refractivity contribution is 5.86. The van der Waals surface area contributed by atoms with Crippen LogP contribution in [0.5, 0.6) is 0 Å². The van der Waals surface area contributed by atoms with E-state index in [9.17, 15) is 14.4 Å². The number of aliphatic carboxylic acids is 1. The third-order valence-corrected chi connectivity index (χ3v) is 3.81. The quantitative estimate of drug-likeness (QED) is 0.548. The van der Waals surface area contributed by atoms with Crippen LogP contribution in [0.15, 0.2) is 42.5 Å². The molecule has 0 radical (unpaired) electrons. The molecule has 0 aliphatic heterocycles. The van der Waals surface area contributed by atoms with Crippen LogP contribution in [0.4, 0.5) is 4.79 Å². The number of alkyl carbamates (subject to hydrolysis) is 1. The highest BCUT2D eigenvalue weighted by Gasteiger charge is 2.26. The molecule has 0 aliphatic rings. The third-order valence-electron chi connectivity index (χ3n) is 3.81. The molecule has 3 N–H and O–H groups in total. The van der Waals surface area contributed by atoms with Gasteiger partial charge in [-0.25, -0.2) is 9.59 Å². The van der Waals surface area contributed by atoms with E-state index in [1.165, 1.54) is 6.08 Å². The molecule has 0 heterocycles. The van der Waals surface area contributed by atoms with Crippen LogP contribution in [0.2, 0.25) is 0 Å². The number of carboxylic acids is 1. The molecule has 2 atom stereocenters. The molecular weight excluding hydrogens is 372 g/mol. The van der Waals surface area contributed by atoms with Crippen molar-refractivity contribution in [2.75, 3.05) is 0 Å². The molecule has 0 aliphatic carbocycles. The fourth-order valence-electron chi connectivity index (χ4n) is 2.68. The summed E-state index contributed by atoms with van der Waals surface area (Å²) >= 11 is 0. The zero-order chi connectivity index (χ0) is 22.0. The Hall–Kier alpha value is -2.83. The predicted octanol–water partition coefficient (Wildman–Crippen LogP) is 3.29. The molecule has 0 aromatic heterocycles. The van der Waals surface area contributed by atoms with E-state index in [-0.39, 0.29) is 12.3 Å². The number of amides is 2. The minimum absolute atomic E-state index is 0.241. The number of rotatable bonds is 9. The van der Waals surface area contributed by atoms with Crippen LogP contribution in [0, 0.1) is 5.92 Å². The topological polar surface area (TPSA) is 105 Å². The summed E-state index contributed by atoms with van der Waals surface area (Å²) in [5, 5.41) is 14.4. The number of carboxylic acid groups (broad SMARTS) is 1. The van der Waals surface area contributed by atoms with Gasteiger partial charge in [0.2, 0.25) is 5.91 Å². The molecule has 0 saturated carbocycles. The van der Waals surface area contributed by atoms with Gasteiger partial charge in [-0.1, -0.05) is 50.3 Å². The van der Waals surface area contributed by atoms with Crippen molar-refractivity contribution in [1.82, 2.24) is 10.6 Å². The van der Waals surface area contributed by atoms with Crippen molar-refractivity contribution in [1.29, 1.82) is 0 Å². The smallest absolute Gasteiger partial charge is 0.408 e. The average Bonchev–Trinajstić information content (AvgIpc) is 2.57. The maximum atomic E-state index is 12.9. The van der Waals surface area contributed by atoms with Gasteiger partial charge in [0.05, 0.1) is 0 Å². The van der Waals surface area contributed by atoms with E-state index < -0.39 is 35.7 Å². The van der Waals surface area contributed by atoms with Crippen LogP contribution in [-0.4, -0.2) is 40.8 Å². The molecule has 7 nitrogen and oxygen atoms in total. The molecule has 1 aromatic carbocycles. The fraction of sp³-hybridized carbons (Fsp3) is 0.500. The summed E-state index contributed by atoms with van der Waals surface area (Å²) < 4.78 is 5.28. The van der Waals surface area contributed by atoms with Gasteiger partial charge in [-0.15, -0.1) is 0 Å². The van der Waals surface area contributed by atoms with Crippen molar-refractivity contribution in [3.8, 4) is 0 Å². The normalized spacial score (nSPS) is 13.7. The number of nitrogens with one attached hydrogen (secondary N) is 2. The molecule has 2 unspecified atom stereocenters. The van der Waals surface area contributed by atoms with Crippen LogP contribution >= 0.6 is 0 Å². The van der Waals surface area contributed by atoms with Gasteiger partial charge < -0.3 is 20.5 Å². The van der Waals surface area contributed by atoms with Gasteiger partial charge in [-0.3, -0.25) is 4.79 Å². The highest BCUT2D eigenvalue weighted by atomic mass is 16.6. The first-order valence-electron chi connectivity index (χ1n) is 9.71. The summed E-state index contributed by atoms with van der Waals surface area (Å²) in [7, 11) is 0. The summed E-state index contributed by atoms with van der Waals surface area (Å²) in [5.41, 5.74) is 0.188. The van der Waals surface area contributed by atoms with Crippen molar-refractivity contribution < 1.29 is 24.2 Å². The molecule has 0 saturated heterocycles. The first-order chi connectivity index (χ1) is 13.5. The van der Waals surface area contributed by atoms with Crippen LogP contribution in [-0.2, 0) is 20.7 Å². The Morgan fingerprint density at radius 1 is 1.10 bits per heavy atom. The summed E-state index contributed by atoms with van der Waals surface area (Å²) in [6, 6.07) is 8.00. The lowest BCUT2D eigenvalue weighted by atomic mass is 10.0. The minimum Gasteiger partial charge on any atom is -0.478 e. The number of carbonyl (C=O) groups excluding carboxylic acids is 2. The van der Waals surface area contributed by atoms with Crippen molar-refractivity contribution in [2.45, 2.75) is 65.1 Å². The van der Waals surface area contributed by atoms with Crippen LogP contribution in [0.3, 0.4) is 0 Å². The van der Waals surface area contributed by atoms with E-state index in [0.29, 0.717) is 6.42 Å². The first-order valence-corrected chi connectivity index (χ1v) is 9.71. The Balaban J connectivity index is 2.97. The van der Waals surface area contributed by atoms with Gasteiger partial charge >= 0.3 is 12.1 Å². The van der Waals surface area contributed by atoms with E-state index in [1.54, 1.807) is 20.8 Å². The van der Waals surface area contributed by atoms with Crippen molar-refractivity contribution >= 4 is 18.0 Å². The predicted molar refractivity (Wildman–Crippen MR) is 111 cm³/mol. The molecule has 7 heteroatoms. The number of benzene rings is 1. The molecule has 0 fully saturated rings. The molecule has 1 rings (SSSR count). The maximum Gasteiger partial charge on any atom is 0.408 e. The monoisotopic (exact) mass is 404 g/mol. The third kappa shape index (κ3) is 10.9. The zero-order valence-electron chi connectivity index (χ0n) is 17.8. The Morgan fingerprint density at radius 2 is 1.72 bits per heavy atom. The van der Waals surface area contributed by atoms with Crippen molar-refractivity contribution in [3.05, 3.63) is 48.0 Å². The van der Waals surface area contributed by atoms with E-state index in [4.69, 9.17) is 9.84 Å². The molecule has 29 heavy (non-hydrogen) atoms. The lowest BCUT2D eigenvalue weighted by Gasteiger charge is -2.25. The molecule has 2 amide bonds. The molecule has 160 valence electrons. The largest absolute Gasteiger partial charge is 0.478 e. The first kappa shape index (κ1) is 24.2. The lowest BCUT2D eigenvalue weighted by Crippen LogP contribution is -2.51. The number of hydrogen-bond acceptors (Lipinski definition) is 4. The molecule has 1 aromatic rings. The van der Waals surface area contributed by atoms with E-state index in [1.807, 2.05) is 44.2 Å². The Bertz CT molecular complexity index is 708. The molecular formula is C22H32N2O5. The van der Waals surface area contributed by atoms with Crippen LogP contribution in [0.1, 0.15) is 46.6 Å². The maximum absolute atomic E-state index is 12.9. The Labute approximate surface area is 172 Å². The number of carbonyl (C=O) groups is 3. The Morgan fingerprint density at radius 3 is 2.24 bits per heavy atom. The summed E-state index contributed by atoms with van der Waals surface area (Å²) in [6.45, 7) is 9.19. The average molecular weight is 405 g/mol. The minimum atomic E-state index is -1.08. The second-order valence-corrected chi connectivity index (χ2v) is 8.33. The van der Waals surface area contributed by atoms with Crippen molar-refractivity contribution in [2.24, 2.45) is 5.92 Å². The van der Waals surface area contributed by atoms with E-state index in [0.717, 1.165) is 11.6 Å². The van der Waals surface area contributed by atoms with Gasteiger partial charge in [0.15, 0.2) is 0 Å². The second-order valence-electron chi connectivity index (χ2n) is 8.33. The van der Waals surface area contributed by atoms with Crippen LogP contribution in [0.25, 0.3) is 0 Å². The lowest BCUT2D eigenvalue weighted by molar-refractivity contribution is -0.131. The van der Waals surface area contributed by atoms with Gasteiger partial charge in [0.1, 0.15) is 11.6 Å². The number of hydrogen-bond donors (Lipinski definition) is 3. The fourth-order valence-corrected chi connectivity index (χ4v) is 2.68. The van der Waals surface area contributed by atoms with Crippen molar-refractivity contribution in [3.63, 3.8) is 0 Å². The van der Waals surface area contributed by atoms with E-state index >= 15 is 0 Å². The van der Waals surface area contributed by atoms with Gasteiger partial charge in [0.25, 0.3) is 0 Å². The van der Waals surface area contributed by atoms with Gasteiger partial charge in [-0.05, 0) is 38.7 Å². The van der Waals surface area contributed by atoms with Gasteiger partial charge in [0, 0.05) is 18.5 Å². The molecule has 0 spiro atoms.